The van der Waals surface area contributed by atoms with Gasteiger partial charge in [0.25, 0.3) is 0 Å². The first-order valence-corrected chi connectivity index (χ1v) is 30.9. The van der Waals surface area contributed by atoms with Crippen molar-refractivity contribution in [2.75, 3.05) is 13.2 Å². The number of aliphatic hydroxyl groups is 2. The number of ether oxygens (including phenoxy) is 1. The minimum absolute atomic E-state index is 0.00311. The van der Waals surface area contributed by atoms with Crippen molar-refractivity contribution in [1.82, 2.24) is 5.32 Å². The van der Waals surface area contributed by atoms with Gasteiger partial charge in [0.15, 0.2) is 0 Å². The lowest BCUT2D eigenvalue weighted by atomic mass is 10.0. The lowest BCUT2D eigenvalue weighted by Gasteiger charge is -2.22. The van der Waals surface area contributed by atoms with E-state index in [-0.39, 0.29) is 18.5 Å². The number of carbonyl (C=O) groups excluding carboxylic acids is 2. The zero-order valence-electron chi connectivity index (χ0n) is 46.7. The highest BCUT2D eigenvalue weighted by molar-refractivity contribution is 5.76. The molecule has 6 heteroatoms. The Morgan fingerprint density at radius 2 is 0.729 bits per heavy atom. The van der Waals surface area contributed by atoms with Gasteiger partial charge < -0.3 is 20.3 Å². The fourth-order valence-corrected chi connectivity index (χ4v) is 9.33. The highest BCUT2D eigenvalue weighted by Crippen LogP contribution is 2.17. The molecule has 0 heterocycles. The molecule has 6 nitrogen and oxygen atoms in total. The molecule has 0 aromatic rings. The van der Waals surface area contributed by atoms with Crippen LogP contribution >= 0.6 is 0 Å². The van der Waals surface area contributed by atoms with E-state index >= 15 is 0 Å². The number of hydrogen-bond acceptors (Lipinski definition) is 5. The van der Waals surface area contributed by atoms with Crippen LogP contribution in [0.2, 0.25) is 0 Å². The van der Waals surface area contributed by atoms with Gasteiger partial charge >= 0.3 is 5.97 Å². The molecule has 0 radical (unpaired) electrons. The second kappa shape index (κ2) is 59.4. The van der Waals surface area contributed by atoms with Crippen LogP contribution in [0.5, 0.6) is 0 Å². The second-order valence-corrected chi connectivity index (χ2v) is 21.0. The van der Waals surface area contributed by atoms with Crippen molar-refractivity contribution < 1.29 is 24.5 Å². The molecule has 410 valence electrons. The van der Waals surface area contributed by atoms with Crippen molar-refractivity contribution in [1.29, 1.82) is 0 Å². The third-order valence-corrected chi connectivity index (χ3v) is 14.1. The molecule has 0 aliphatic carbocycles. The first kappa shape index (κ1) is 67.8. The summed E-state index contributed by atoms with van der Waals surface area (Å²) in [5.41, 5.74) is 0. The van der Waals surface area contributed by atoms with Crippen molar-refractivity contribution in [3.8, 4) is 0 Å². The summed E-state index contributed by atoms with van der Waals surface area (Å²) in [6, 6.07) is -0.541. The highest BCUT2D eigenvalue weighted by Gasteiger charge is 2.20. The topological polar surface area (TPSA) is 95.9 Å². The number of carbonyl (C=O) groups is 2. The maximum atomic E-state index is 12.4. The van der Waals surface area contributed by atoms with Crippen LogP contribution in [-0.4, -0.2) is 47.4 Å². The molecule has 2 atom stereocenters. The number of rotatable bonds is 57. The molecule has 3 N–H and O–H groups in total. The van der Waals surface area contributed by atoms with E-state index in [0.29, 0.717) is 25.9 Å². The van der Waals surface area contributed by atoms with Gasteiger partial charge in [-0.05, 0) is 83.5 Å². The fourth-order valence-electron chi connectivity index (χ4n) is 9.33. The summed E-state index contributed by atoms with van der Waals surface area (Å²) < 4.78 is 5.47. The van der Waals surface area contributed by atoms with E-state index in [9.17, 15) is 19.8 Å². The zero-order valence-corrected chi connectivity index (χ0v) is 46.7. The Labute approximate surface area is 436 Å². The number of hydrogen-bond donors (Lipinski definition) is 3. The van der Waals surface area contributed by atoms with E-state index in [1.54, 1.807) is 0 Å². The molecule has 0 bridgehead atoms. The van der Waals surface area contributed by atoms with Crippen molar-refractivity contribution in [2.45, 2.75) is 334 Å². The van der Waals surface area contributed by atoms with E-state index in [4.69, 9.17) is 4.74 Å². The molecule has 0 rings (SSSR count). The van der Waals surface area contributed by atoms with Crippen LogP contribution < -0.4 is 5.32 Å². The van der Waals surface area contributed by atoms with E-state index in [1.165, 1.54) is 231 Å². The third-order valence-electron chi connectivity index (χ3n) is 14.1. The van der Waals surface area contributed by atoms with Gasteiger partial charge in [0.2, 0.25) is 5.91 Å². The molecule has 2 unspecified atom stereocenters. The Balaban J connectivity index is 3.39. The average Bonchev–Trinajstić information content (AvgIpc) is 3.36. The maximum absolute atomic E-state index is 12.4. The quantitative estimate of drug-likeness (QED) is 0.0321. The molecule has 70 heavy (non-hydrogen) atoms. The minimum atomic E-state index is -0.663. The van der Waals surface area contributed by atoms with Crippen molar-refractivity contribution in [2.24, 2.45) is 0 Å². The number of aliphatic hydroxyl groups excluding tert-OH is 2. The minimum Gasteiger partial charge on any atom is -0.466 e. The molecular formula is C64H119NO5. The maximum Gasteiger partial charge on any atom is 0.305 e. The second-order valence-electron chi connectivity index (χ2n) is 21.0. The van der Waals surface area contributed by atoms with Crippen LogP contribution in [0, 0.1) is 0 Å². The van der Waals surface area contributed by atoms with Crippen LogP contribution in [0.3, 0.4) is 0 Å². The lowest BCUT2D eigenvalue weighted by Crippen LogP contribution is -2.45. The number of unbranched alkanes of at least 4 members (excludes halogenated alkanes) is 38. The first-order chi connectivity index (χ1) is 34.5. The summed E-state index contributed by atoms with van der Waals surface area (Å²) in [5, 5.41) is 23.2. The average molecular weight is 983 g/mol. The van der Waals surface area contributed by atoms with Crippen molar-refractivity contribution in [3.63, 3.8) is 0 Å². The molecular weight excluding hydrogens is 863 g/mol. The van der Waals surface area contributed by atoms with Crippen LogP contribution in [0.4, 0.5) is 0 Å². The molecule has 0 aliphatic rings. The molecule has 1 amide bonds. The van der Waals surface area contributed by atoms with Crippen LogP contribution in [-0.2, 0) is 14.3 Å². The standard InChI is InChI=1S/C64H119NO5/c1-3-5-7-9-11-13-15-16-35-38-42-46-50-54-58-64(69)70-59-55-51-47-43-39-36-33-31-29-27-25-23-21-19-17-18-20-22-24-26-28-30-32-34-37-41-45-49-53-57-63(68)65-61(60-66)62(67)56-52-48-44-40-14-12-10-8-6-4-2/h9,11,15-17,19,23,25,61-62,66-67H,3-8,10,12-14,18,20-22,24,26-60H2,1-2H3,(H,65,68)/b11-9-,16-15-,19-17-,25-23-. The van der Waals surface area contributed by atoms with E-state index in [2.05, 4.69) is 67.8 Å². The Hall–Kier alpha value is -2.18. The van der Waals surface area contributed by atoms with Crippen LogP contribution in [0.15, 0.2) is 48.6 Å². The molecule has 0 saturated carbocycles. The highest BCUT2D eigenvalue weighted by atomic mass is 16.5. The summed E-state index contributed by atoms with van der Waals surface area (Å²) in [6.45, 7) is 4.89. The molecule has 0 fully saturated rings. The Bertz CT molecular complexity index is 1180. The van der Waals surface area contributed by atoms with Gasteiger partial charge in [-0.25, -0.2) is 0 Å². The van der Waals surface area contributed by atoms with Gasteiger partial charge in [0.1, 0.15) is 0 Å². The van der Waals surface area contributed by atoms with Gasteiger partial charge in [-0.15, -0.1) is 0 Å². The predicted molar refractivity (Wildman–Crippen MR) is 306 cm³/mol. The van der Waals surface area contributed by atoms with E-state index in [1.807, 2.05) is 0 Å². The third kappa shape index (κ3) is 55.1. The lowest BCUT2D eigenvalue weighted by molar-refractivity contribution is -0.143. The smallest absolute Gasteiger partial charge is 0.305 e. The molecule has 0 aliphatic heterocycles. The van der Waals surface area contributed by atoms with E-state index in [0.717, 1.165) is 57.8 Å². The SMILES string of the molecule is CCCC/C=C\C/C=C\CCCCCCCC(=O)OCCCCCCCCCCC/C=C\C/C=C\CCCCCCCCCCCCCCCC(=O)NC(CO)C(O)CCCCCCCCCCCC. The van der Waals surface area contributed by atoms with Crippen molar-refractivity contribution >= 4 is 11.9 Å². The largest absolute Gasteiger partial charge is 0.466 e. The summed E-state index contributed by atoms with van der Waals surface area (Å²) in [6.07, 6.45) is 75.6. The number of nitrogens with one attached hydrogen (secondary N) is 1. The van der Waals surface area contributed by atoms with Gasteiger partial charge in [0.05, 0.1) is 25.4 Å². The molecule has 0 aromatic heterocycles. The summed E-state index contributed by atoms with van der Waals surface area (Å²) >= 11 is 0. The Morgan fingerprint density at radius 1 is 0.400 bits per heavy atom. The monoisotopic (exact) mass is 982 g/mol. The van der Waals surface area contributed by atoms with Gasteiger partial charge in [-0.3, -0.25) is 9.59 Å². The Kier molecular flexibility index (Phi) is 57.5. The van der Waals surface area contributed by atoms with Crippen LogP contribution in [0.1, 0.15) is 322 Å². The van der Waals surface area contributed by atoms with Gasteiger partial charge in [-0.1, -0.05) is 274 Å². The Morgan fingerprint density at radius 3 is 1.13 bits per heavy atom. The predicted octanol–water partition coefficient (Wildman–Crippen LogP) is 19.4. The number of allylic oxidation sites excluding steroid dienone is 8. The number of esters is 1. The van der Waals surface area contributed by atoms with E-state index < -0.39 is 12.1 Å². The summed E-state index contributed by atoms with van der Waals surface area (Å²) in [7, 11) is 0. The zero-order chi connectivity index (χ0) is 50.7. The van der Waals surface area contributed by atoms with Gasteiger partial charge in [0, 0.05) is 12.8 Å². The normalized spacial score (nSPS) is 12.9. The summed E-state index contributed by atoms with van der Waals surface area (Å²) in [4.78, 5) is 24.5. The van der Waals surface area contributed by atoms with Crippen molar-refractivity contribution in [3.05, 3.63) is 48.6 Å². The van der Waals surface area contributed by atoms with Gasteiger partial charge in [-0.2, -0.15) is 0 Å². The summed E-state index contributed by atoms with van der Waals surface area (Å²) in [5.74, 6) is -0.0407. The fraction of sp³-hybridized carbons (Fsp3) is 0.844. The molecule has 0 saturated heterocycles. The molecule has 0 aromatic carbocycles. The number of amides is 1. The first-order valence-electron chi connectivity index (χ1n) is 30.9. The van der Waals surface area contributed by atoms with Crippen LogP contribution in [0.25, 0.3) is 0 Å². The molecule has 0 spiro atoms.